The fraction of sp³-hybridized carbons (Fsp3) is 0.333. The fourth-order valence-electron chi connectivity index (χ4n) is 3.13. The van der Waals surface area contributed by atoms with Crippen LogP contribution in [-0.2, 0) is 6.42 Å². The molecule has 0 saturated heterocycles. The standard InChI is InChI=1S/C18H21ClN2/c1-13-12-15-4-2-3-5-18(15)21(13)11-10-17(20)14-6-8-16(19)9-7-14/h2-9,13,17H,10-12,20H2,1H3. The van der Waals surface area contributed by atoms with Gasteiger partial charge in [-0.25, -0.2) is 0 Å². The molecule has 3 rings (SSSR count). The summed E-state index contributed by atoms with van der Waals surface area (Å²) in [4.78, 5) is 2.48. The van der Waals surface area contributed by atoms with Gasteiger partial charge in [0.1, 0.15) is 0 Å². The van der Waals surface area contributed by atoms with E-state index in [4.69, 9.17) is 17.3 Å². The van der Waals surface area contributed by atoms with Crippen LogP contribution in [0.25, 0.3) is 0 Å². The molecule has 0 aliphatic carbocycles. The second kappa shape index (κ2) is 6.08. The maximum atomic E-state index is 6.32. The quantitative estimate of drug-likeness (QED) is 0.918. The van der Waals surface area contributed by atoms with Gasteiger partial charge in [-0.2, -0.15) is 0 Å². The van der Waals surface area contributed by atoms with E-state index < -0.39 is 0 Å². The minimum Gasteiger partial charge on any atom is -0.368 e. The van der Waals surface area contributed by atoms with Gasteiger partial charge < -0.3 is 10.6 Å². The Hall–Kier alpha value is -1.51. The third-order valence-electron chi connectivity index (χ3n) is 4.33. The molecule has 0 bridgehead atoms. The Morgan fingerprint density at radius 2 is 1.90 bits per heavy atom. The number of hydrogen-bond donors (Lipinski definition) is 1. The third-order valence-corrected chi connectivity index (χ3v) is 4.58. The van der Waals surface area contributed by atoms with Crippen LogP contribution in [0, 0.1) is 0 Å². The number of anilines is 1. The van der Waals surface area contributed by atoms with Gasteiger partial charge in [-0.1, -0.05) is 41.9 Å². The highest BCUT2D eigenvalue weighted by Crippen LogP contribution is 2.32. The molecule has 21 heavy (non-hydrogen) atoms. The smallest absolute Gasteiger partial charge is 0.0406 e. The molecule has 1 heterocycles. The van der Waals surface area contributed by atoms with Crippen LogP contribution in [0.4, 0.5) is 5.69 Å². The van der Waals surface area contributed by atoms with Crippen LogP contribution in [-0.4, -0.2) is 12.6 Å². The summed E-state index contributed by atoms with van der Waals surface area (Å²) in [5, 5.41) is 0.757. The first-order chi connectivity index (χ1) is 10.1. The molecule has 2 nitrogen and oxygen atoms in total. The number of benzene rings is 2. The van der Waals surface area contributed by atoms with Crippen LogP contribution < -0.4 is 10.6 Å². The van der Waals surface area contributed by atoms with Gasteiger partial charge in [0.15, 0.2) is 0 Å². The second-order valence-electron chi connectivity index (χ2n) is 5.82. The molecule has 2 aromatic carbocycles. The van der Waals surface area contributed by atoms with Gasteiger partial charge >= 0.3 is 0 Å². The summed E-state index contributed by atoms with van der Waals surface area (Å²) in [6, 6.07) is 17.1. The third kappa shape index (κ3) is 3.07. The van der Waals surface area contributed by atoms with E-state index in [1.54, 1.807) is 0 Å². The zero-order chi connectivity index (χ0) is 14.8. The Bertz CT molecular complexity index is 609. The average molecular weight is 301 g/mol. The second-order valence-corrected chi connectivity index (χ2v) is 6.26. The van der Waals surface area contributed by atoms with Crippen molar-refractivity contribution in [2.24, 2.45) is 5.73 Å². The van der Waals surface area contributed by atoms with Crippen LogP contribution in [0.15, 0.2) is 48.5 Å². The zero-order valence-electron chi connectivity index (χ0n) is 12.3. The van der Waals surface area contributed by atoms with E-state index in [0.29, 0.717) is 6.04 Å². The van der Waals surface area contributed by atoms with E-state index in [2.05, 4.69) is 36.1 Å². The van der Waals surface area contributed by atoms with Gasteiger partial charge in [-0.05, 0) is 49.1 Å². The van der Waals surface area contributed by atoms with Crippen LogP contribution in [0.2, 0.25) is 5.02 Å². The van der Waals surface area contributed by atoms with E-state index in [9.17, 15) is 0 Å². The van der Waals surface area contributed by atoms with Crippen LogP contribution >= 0.6 is 11.6 Å². The molecule has 0 saturated carbocycles. The van der Waals surface area contributed by atoms with Crippen molar-refractivity contribution in [1.29, 1.82) is 0 Å². The molecule has 0 amide bonds. The van der Waals surface area contributed by atoms with E-state index in [1.807, 2.05) is 24.3 Å². The highest BCUT2D eigenvalue weighted by atomic mass is 35.5. The van der Waals surface area contributed by atoms with Gasteiger partial charge in [-0.3, -0.25) is 0 Å². The number of nitrogens with zero attached hydrogens (tertiary/aromatic N) is 1. The molecular formula is C18H21ClN2. The Balaban J connectivity index is 1.66. The Morgan fingerprint density at radius 1 is 1.19 bits per heavy atom. The van der Waals surface area contributed by atoms with Crippen molar-refractivity contribution in [2.45, 2.75) is 31.8 Å². The first-order valence-corrected chi connectivity index (χ1v) is 7.88. The SMILES string of the molecule is CC1Cc2ccccc2N1CCC(N)c1ccc(Cl)cc1. The normalized spacial score (nSPS) is 18.6. The fourth-order valence-corrected chi connectivity index (χ4v) is 3.25. The molecule has 2 aromatic rings. The Kier molecular flexibility index (Phi) is 4.18. The summed E-state index contributed by atoms with van der Waals surface area (Å²) in [6.07, 6.45) is 2.08. The van der Waals surface area contributed by atoms with Crippen LogP contribution in [0.5, 0.6) is 0 Å². The molecule has 3 heteroatoms. The first-order valence-electron chi connectivity index (χ1n) is 7.51. The maximum absolute atomic E-state index is 6.32. The molecular weight excluding hydrogens is 280 g/mol. The number of rotatable bonds is 4. The lowest BCUT2D eigenvalue weighted by Crippen LogP contribution is -2.32. The van der Waals surface area contributed by atoms with Crippen molar-refractivity contribution in [3.8, 4) is 0 Å². The van der Waals surface area contributed by atoms with Crippen molar-refractivity contribution in [3.63, 3.8) is 0 Å². The van der Waals surface area contributed by atoms with Crippen molar-refractivity contribution < 1.29 is 0 Å². The number of halogens is 1. The molecule has 0 aromatic heterocycles. The number of hydrogen-bond acceptors (Lipinski definition) is 2. The van der Waals surface area contributed by atoms with Gasteiger partial charge in [0, 0.05) is 29.3 Å². The maximum Gasteiger partial charge on any atom is 0.0406 e. The van der Waals surface area contributed by atoms with E-state index in [0.717, 1.165) is 30.0 Å². The summed E-state index contributed by atoms with van der Waals surface area (Å²) in [5.41, 5.74) is 10.3. The monoisotopic (exact) mass is 300 g/mol. The van der Waals surface area contributed by atoms with Crippen molar-refractivity contribution in [3.05, 3.63) is 64.7 Å². The average Bonchev–Trinajstić information content (AvgIpc) is 2.81. The number of para-hydroxylation sites is 1. The predicted octanol–water partition coefficient (Wildman–Crippen LogP) is 4.18. The van der Waals surface area contributed by atoms with Crippen LogP contribution in [0.3, 0.4) is 0 Å². The Morgan fingerprint density at radius 3 is 2.67 bits per heavy atom. The number of fused-ring (bicyclic) bond motifs is 1. The molecule has 1 aliphatic heterocycles. The van der Waals surface area contributed by atoms with E-state index in [-0.39, 0.29) is 6.04 Å². The molecule has 2 N–H and O–H groups in total. The predicted molar refractivity (Wildman–Crippen MR) is 90.0 cm³/mol. The lowest BCUT2D eigenvalue weighted by Gasteiger charge is -2.26. The highest BCUT2D eigenvalue weighted by molar-refractivity contribution is 6.30. The molecule has 2 unspecified atom stereocenters. The first kappa shape index (κ1) is 14.4. The lowest BCUT2D eigenvalue weighted by molar-refractivity contribution is 0.592. The Labute approximate surface area is 131 Å². The zero-order valence-corrected chi connectivity index (χ0v) is 13.1. The minimum absolute atomic E-state index is 0.0576. The topological polar surface area (TPSA) is 29.3 Å². The van der Waals surface area contributed by atoms with Gasteiger partial charge in [0.25, 0.3) is 0 Å². The molecule has 1 aliphatic rings. The molecule has 0 radical (unpaired) electrons. The van der Waals surface area contributed by atoms with Gasteiger partial charge in [0.05, 0.1) is 0 Å². The van der Waals surface area contributed by atoms with Crippen LogP contribution in [0.1, 0.15) is 30.5 Å². The minimum atomic E-state index is 0.0576. The summed E-state index contributed by atoms with van der Waals surface area (Å²) in [5.74, 6) is 0. The highest BCUT2D eigenvalue weighted by Gasteiger charge is 2.25. The van der Waals surface area contributed by atoms with E-state index >= 15 is 0 Å². The molecule has 0 spiro atoms. The van der Waals surface area contributed by atoms with Crippen molar-refractivity contribution >= 4 is 17.3 Å². The van der Waals surface area contributed by atoms with Gasteiger partial charge in [0.2, 0.25) is 0 Å². The lowest BCUT2D eigenvalue weighted by atomic mass is 10.0. The summed E-state index contributed by atoms with van der Waals surface area (Å²) in [7, 11) is 0. The van der Waals surface area contributed by atoms with Gasteiger partial charge in [-0.15, -0.1) is 0 Å². The largest absolute Gasteiger partial charge is 0.368 e. The summed E-state index contributed by atoms with van der Waals surface area (Å²) in [6.45, 7) is 3.27. The van der Waals surface area contributed by atoms with Crippen molar-refractivity contribution in [2.75, 3.05) is 11.4 Å². The molecule has 2 atom stereocenters. The van der Waals surface area contributed by atoms with Crippen molar-refractivity contribution in [1.82, 2.24) is 0 Å². The summed E-state index contributed by atoms with van der Waals surface area (Å²) >= 11 is 5.92. The van der Waals surface area contributed by atoms with E-state index in [1.165, 1.54) is 11.3 Å². The number of nitrogens with two attached hydrogens (primary N) is 1. The molecule has 110 valence electrons. The summed E-state index contributed by atoms with van der Waals surface area (Å²) < 4.78 is 0. The molecule has 0 fully saturated rings.